The molecule has 242 valence electrons. The number of hydrogen-bond donors (Lipinski definition) is 2. The van der Waals surface area contributed by atoms with E-state index in [1.54, 1.807) is 50.2 Å². The highest BCUT2D eigenvalue weighted by Gasteiger charge is 2.57. The summed E-state index contributed by atoms with van der Waals surface area (Å²) in [5, 5.41) is 13.1. The van der Waals surface area contributed by atoms with E-state index in [9.17, 15) is 29.1 Å². The summed E-state index contributed by atoms with van der Waals surface area (Å²) >= 11 is 7.94. The van der Waals surface area contributed by atoms with Crippen LogP contribution in [0.4, 0.5) is 11.4 Å². The Morgan fingerprint density at radius 2 is 1.68 bits per heavy atom. The molecule has 1 aromatic heterocycles. The number of thioether (sulfide) groups is 1. The Bertz CT molecular complexity index is 1940. The van der Waals surface area contributed by atoms with Crippen LogP contribution in [0.15, 0.2) is 76.6 Å². The van der Waals surface area contributed by atoms with Gasteiger partial charge in [0.1, 0.15) is 11.8 Å². The van der Waals surface area contributed by atoms with E-state index in [0.29, 0.717) is 26.2 Å². The molecule has 2 aliphatic heterocycles. The van der Waals surface area contributed by atoms with Crippen LogP contribution in [0.1, 0.15) is 40.6 Å². The number of aromatic hydroxyl groups is 1. The molecule has 3 amide bonds. The van der Waals surface area contributed by atoms with Crippen LogP contribution in [0.2, 0.25) is 5.02 Å². The van der Waals surface area contributed by atoms with Gasteiger partial charge in [-0.25, -0.2) is 9.69 Å². The van der Waals surface area contributed by atoms with Crippen LogP contribution < -0.4 is 19.8 Å². The first-order chi connectivity index (χ1) is 22.6. The summed E-state index contributed by atoms with van der Waals surface area (Å²) in [6.45, 7) is 3.60. The zero-order valence-corrected chi connectivity index (χ0v) is 27.5. The number of phenolic OH excluding ortho intramolecular Hbond substituents is 1. The van der Waals surface area contributed by atoms with Crippen LogP contribution in [-0.2, 0) is 25.7 Å². The van der Waals surface area contributed by atoms with Crippen LogP contribution in [0.3, 0.4) is 0 Å². The van der Waals surface area contributed by atoms with E-state index in [0.717, 1.165) is 28.0 Å². The first kappa shape index (κ1) is 32.4. The van der Waals surface area contributed by atoms with E-state index in [4.69, 9.17) is 21.1 Å². The van der Waals surface area contributed by atoms with Gasteiger partial charge < -0.3 is 19.9 Å². The third-order valence-electron chi connectivity index (χ3n) is 7.76. The molecule has 0 spiro atoms. The zero-order chi connectivity index (χ0) is 33.4. The number of hydrogen-bond acceptors (Lipinski definition) is 10. The van der Waals surface area contributed by atoms with Gasteiger partial charge in [-0.2, -0.15) is 0 Å². The van der Waals surface area contributed by atoms with Crippen molar-refractivity contribution in [2.75, 3.05) is 23.4 Å². The minimum atomic E-state index is -0.936. The van der Waals surface area contributed by atoms with Crippen molar-refractivity contribution in [3.05, 3.63) is 97.4 Å². The van der Waals surface area contributed by atoms with Crippen LogP contribution in [0.25, 0.3) is 0 Å². The number of ether oxygens (including phenoxy) is 2. The van der Waals surface area contributed by atoms with Gasteiger partial charge in [-0.05, 0) is 80.1 Å². The number of carbonyl (C=O) groups excluding carboxylic acids is 4. The standard InChI is InChI=1S/C33H28ClN3O8S2/c1-3-44-23-15-18(7-14-22(23)38)25-26-27(30(41)37(29(26)40)21-12-5-17(6-13-21)32(42)45-4-2)46-31-28(25)47-33(43)36(31)16-24(39)35-20-10-8-19(34)9-11-20/h5-15,25-27,38H,3-4,16H2,1-2H3,(H,35,39)/t25-,26?,27?/m0/s1. The molecule has 3 aromatic carbocycles. The Morgan fingerprint density at radius 1 is 0.957 bits per heavy atom. The topological polar surface area (TPSA) is 144 Å². The summed E-state index contributed by atoms with van der Waals surface area (Å²) in [5.41, 5.74) is 1.61. The fourth-order valence-electron chi connectivity index (χ4n) is 5.70. The van der Waals surface area contributed by atoms with E-state index >= 15 is 0 Å². The summed E-state index contributed by atoms with van der Waals surface area (Å²) < 4.78 is 12.0. The number of carbonyl (C=O) groups is 4. The van der Waals surface area contributed by atoms with Crippen molar-refractivity contribution in [3.8, 4) is 11.5 Å². The van der Waals surface area contributed by atoms with Crippen molar-refractivity contribution in [3.63, 3.8) is 0 Å². The molecule has 1 fully saturated rings. The van der Waals surface area contributed by atoms with Gasteiger partial charge in [0.05, 0.1) is 35.4 Å². The van der Waals surface area contributed by atoms with Crippen molar-refractivity contribution in [2.45, 2.75) is 36.6 Å². The van der Waals surface area contributed by atoms with Gasteiger partial charge in [0.2, 0.25) is 17.7 Å². The molecule has 1 saturated heterocycles. The SMILES string of the molecule is CCOC(=O)c1ccc(N2C(=O)C3Sc4c(sc(=O)n4CC(=O)Nc4ccc(Cl)cc4)[C@@H](c4ccc(O)c(OCC)c4)C3C2=O)cc1. The maximum Gasteiger partial charge on any atom is 0.338 e. The second-order valence-corrected chi connectivity index (χ2v) is 13.2. The predicted molar refractivity (Wildman–Crippen MR) is 178 cm³/mol. The Labute approximate surface area is 282 Å². The van der Waals surface area contributed by atoms with Gasteiger partial charge >= 0.3 is 10.8 Å². The van der Waals surface area contributed by atoms with Crippen LogP contribution in [0, 0.1) is 5.92 Å². The largest absolute Gasteiger partial charge is 0.504 e. The molecule has 11 nitrogen and oxygen atoms in total. The Kier molecular flexibility index (Phi) is 9.13. The number of fused-ring (bicyclic) bond motifs is 2. The molecule has 0 saturated carbocycles. The fourth-order valence-corrected chi connectivity index (χ4v) is 8.60. The van der Waals surface area contributed by atoms with Crippen molar-refractivity contribution >= 4 is 69.8 Å². The molecule has 0 aliphatic carbocycles. The van der Waals surface area contributed by atoms with Crippen LogP contribution in [-0.4, -0.2) is 51.8 Å². The molecule has 47 heavy (non-hydrogen) atoms. The molecule has 0 bridgehead atoms. The number of anilines is 2. The summed E-state index contributed by atoms with van der Waals surface area (Å²) in [5.74, 6) is -3.56. The minimum Gasteiger partial charge on any atom is -0.504 e. The number of nitrogens with zero attached hydrogens (tertiary/aromatic N) is 2. The maximum atomic E-state index is 14.2. The molecular weight excluding hydrogens is 666 g/mol. The predicted octanol–water partition coefficient (Wildman–Crippen LogP) is 5.28. The van der Waals surface area contributed by atoms with E-state index in [2.05, 4.69) is 5.32 Å². The lowest BCUT2D eigenvalue weighted by Crippen LogP contribution is -2.33. The number of aromatic nitrogens is 1. The number of thiazole rings is 1. The summed E-state index contributed by atoms with van der Waals surface area (Å²) in [4.78, 5) is 68.2. The van der Waals surface area contributed by atoms with Crippen molar-refractivity contribution in [1.29, 1.82) is 0 Å². The first-order valence-corrected chi connectivity index (χ1v) is 16.7. The van der Waals surface area contributed by atoms with E-state index in [-0.39, 0.29) is 42.5 Å². The average Bonchev–Trinajstić information content (AvgIpc) is 3.49. The van der Waals surface area contributed by atoms with E-state index in [1.807, 2.05) is 0 Å². The quantitative estimate of drug-likeness (QED) is 0.177. The zero-order valence-electron chi connectivity index (χ0n) is 25.1. The Morgan fingerprint density at radius 3 is 2.36 bits per heavy atom. The number of nitrogens with one attached hydrogen (secondary N) is 1. The fraction of sp³-hybridized carbons (Fsp3) is 0.242. The lowest BCUT2D eigenvalue weighted by molar-refractivity contribution is -0.122. The van der Waals surface area contributed by atoms with Crippen molar-refractivity contribution < 1.29 is 33.8 Å². The smallest absolute Gasteiger partial charge is 0.338 e. The molecule has 0 radical (unpaired) electrons. The number of imide groups is 1. The number of benzene rings is 3. The lowest BCUT2D eigenvalue weighted by atomic mass is 9.83. The first-order valence-electron chi connectivity index (χ1n) is 14.7. The summed E-state index contributed by atoms with van der Waals surface area (Å²) in [6.07, 6.45) is 0. The van der Waals surface area contributed by atoms with Crippen molar-refractivity contribution in [1.82, 2.24) is 4.57 Å². The normalized spacial score (nSPS) is 18.4. The van der Waals surface area contributed by atoms with Crippen LogP contribution >= 0.6 is 34.7 Å². The third-order valence-corrected chi connectivity index (χ3v) is 10.6. The third kappa shape index (κ3) is 6.13. The van der Waals surface area contributed by atoms with Gasteiger partial charge in [0, 0.05) is 21.5 Å². The molecule has 14 heteroatoms. The summed E-state index contributed by atoms with van der Waals surface area (Å²) in [7, 11) is 0. The highest BCUT2D eigenvalue weighted by molar-refractivity contribution is 8.00. The average molecular weight is 694 g/mol. The van der Waals surface area contributed by atoms with E-state index < -0.39 is 45.6 Å². The molecule has 3 heterocycles. The van der Waals surface area contributed by atoms with Gasteiger partial charge in [-0.3, -0.25) is 23.7 Å². The van der Waals surface area contributed by atoms with E-state index in [1.165, 1.54) is 34.9 Å². The number of rotatable bonds is 9. The molecular formula is C33H28ClN3O8S2. The monoisotopic (exact) mass is 693 g/mol. The summed E-state index contributed by atoms with van der Waals surface area (Å²) in [6, 6.07) is 17.2. The Hall–Kier alpha value is -4.59. The molecule has 6 rings (SSSR count). The second-order valence-electron chi connectivity index (χ2n) is 10.7. The number of phenols is 1. The molecule has 4 aromatic rings. The number of esters is 1. The van der Waals surface area contributed by atoms with Gasteiger partial charge in [-0.1, -0.05) is 40.8 Å². The lowest BCUT2D eigenvalue weighted by Gasteiger charge is -2.31. The van der Waals surface area contributed by atoms with Gasteiger partial charge in [0.25, 0.3) is 0 Å². The Balaban J connectivity index is 1.40. The molecule has 3 atom stereocenters. The maximum absolute atomic E-state index is 14.2. The molecule has 2 unspecified atom stereocenters. The minimum absolute atomic E-state index is 0.0978. The van der Waals surface area contributed by atoms with Gasteiger partial charge in [0.15, 0.2) is 11.5 Å². The number of halogens is 1. The van der Waals surface area contributed by atoms with Gasteiger partial charge in [-0.15, -0.1) is 0 Å². The molecule has 2 N–H and O–H groups in total. The molecule has 2 aliphatic rings. The van der Waals surface area contributed by atoms with Crippen molar-refractivity contribution in [2.24, 2.45) is 5.92 Å². The number of amides is 3. The second kappa shape index (κ2) is 13.3. The van der Waals surface area contributed by atoms with Crippen LogP contribution in [0.5, 0.6) is 11.5 Å². The highest BCUT2D eigenvalue weighted by Crippen LogP contribution is 2.54. The highest BCUT2D eigenvalue weighted by atomic mass is 35.5.